The lowest BCUT2D eigenvalue weighted by molar-refractivity contribution is 0.356. The van der Waals surface area contributed by atoms with Gasteiger partial charge in [0.2, 0.25) is 0 Å². The molecule has 1 aromatic carbocycles. The topological polar surface area (TPSA) is 55.6 Å². The van der Waals surface area contributed by atoms with Crippen molar-refractivity contribution in [1.29, 1.82) is 0 Å². The molecule has 1 saturated carbocycles. The molecule has 5 nitrogen and oxygen atoms in total. The van der Waals surface area contributed by atoms with Gasteiger partial charge in [-0.3, -0.25) is 0 Å². The number of nitrogens with one attached hydrogen (secondary N) is 1. The zero-order valence-electron chi connectivity index (χ0n) is 11.2. The molecule has 0 amide bonds. The Morgan fingerprint density at radius 3 is 2.68 bits per heavy atom. The second kappa shape index (κ2) is 5.09. The van der Waals surface area contributed by atoms with E-state index in [0.717, 1.165) is 11.5 Å². The van der Waals surface area contributed by atoms with Crippen molar-refractivity contribution in [3.05, 3.63) is 36.2 Å². The molecule has 1 fully saturated rings. The van der Waals surface area contributed by atoms with Gasteiger partial charge in [-0.1, -0.05) is 31.0 Å². The van der Waals surface area contributed by atoms with Crippen LogP contribution < -0.4 is 5.32 Å². The van der Waals surface area contributed by atoms with Crippen LogP contribution in [-0.4, -0.2) is 25.7 Å². The van der Waals surface area contributed by atoms with Crippen LogP contribution in [0.4, 0.5) is 0 Å². The summed E-state index contributed by atoms with van der Waals surface area (Å²) in [6, 6.07) is 10.00. The molecular formula is C14H19N5. The highest BCUT2D eigenvalue weighted by Crippen LogP contribution is 2.29. The maximum atomic E-state index is 4.12. The Kier molecular flexibility index (Phi) is 3.29. The first-order valence-corrected chi connectivity index (χ1v) is 6.85. The molecule has 19 heavy (non-hydrogen) atoms. The van der Waals surface area contributed by atoms with Crippen LogP contribution in [0.3, 0.4) is 0 Å². The second-order valence-electron chi connectivity index (χ2n) is 5.46. The Bertz CT molecular complexity index is 528. The lowest BCUT2D eigenvalue weighted by Crippen LogP contribution is -2.39. The highest BCUT2D eigenvalue weighted by Gasteiger charge is 2.28. The van der Waals surface area contributed by atoms with Crippen LogP contribution in [0.2, 0.25) is 0 Å². The van der Waals surface area contributed by atoms with Gasteiger partial charge in [0.05, 0.1) is 12.2 Å². The van der Waals surface area contributed by atoms with Crippen molar-refractivity contribution >= 4 is 0 Å². The molecule has 2 aromatic rings. The third-order valence-electron chi connectivity index (χ3n) is 3.92. The highest BCUT2D eigenvalue weighted by atomic mass is 15.5. The maximum absolute atomic E-state index is 4.12. The summed E-state index contributed by atoms with van der Waals surface area (Å²) in [4.78, 5) is 0. The average Bonchev–Trinajstić information content (AvgIpc) is 3.07. The van der Waals surface area contributed by atoms with Gasteiger partial charge in [0.1, 0.15) is 0 Å². The minimum atomic E-state index is 0.244. The second-order valence-corrected chi connectivity index (χ2v) is 5.46. The summed E-state index contributed by atoms with van der Waals surface area (Å²) < 4.78 is 1.80. The number of hydrogen-bond acceptors (Lipinski definition) is 4. The molecule has 1 aliphatic carbocycles. The molecule has 3 rings (SSSR count). The fraction of sp³-hybridized carbons (Fsp3) is 0.500. The summed E-state index contributed by atoms with van der Waals surface area (Å²) in [6.45, 7) is 3.00. The molecule has 100 valence electrons. The number of nitrogens with zero attached hydrogens (tertiary/aromatic N) is 4. The van der Waals surface area contributed by atoms with Gasteiger partial charge in [-0.05, 0) is 42.3 Å². The van der Waals surface area contributed by atoms with E-state index in [0.29, 0.717) is 6.54 Å². The largest absolute Gasteiger partial charge is 0.304 e. The summed E-state index contributed by atoms with van der Waals surface area (Å²) in [6.07, 6.45) is 5.10. The predicted octanol–water partition coefficient (Wildman–Crippen LogP) is 2.08. The third kappa shape index (κ3) is 2.66. The van der Waals surface area contributed by atoms with E-state index < -0.39 is 0 Å². The first-order chi connectivity index (χ1) is 9.27. The summed E-state index contributed by atoms with van der Waals surface area (Å²) >= 11 is 0. The number of hydrogen-bond donors (Lipinski definition) is 1. The van der Waals surface area contributed by atoms with E-state index in [4.69, 9.17) is 0 Å². The van der Waals surface area contributed by atoms with Crippen LogP contribution in [0.1, 0.15) is 38.4 Å². The van der Waals surface area contributed by atoms with Gasteiger partial charge < -0.3 is 5.32 Å². The third-order valence-corrected chi connectivity index (χ3v) is 3.92. The van der Waals surface area contributed by atoms with Gasteiger partial charge in [-0.2, -0.15) is 4.68 Å². The van der Waals surface area contributed by atoms with Gasteiger partial charge in [-0.15, -0.1) is 5.10 Å². The number of benzene rings is 1. The van der Waals surface area contributed by atoms with Crippen LogP contribution in [0.5, 0.6) is 0 Å². The number of aromatic nitrogens is 4. The summed E-state index contributed by atoms with van der Waals surface area (Å²) in [5.74, 6) is 0.860. The first kappa shape index (κ1) is 12.3. The minimum absolute atomic E-state index is 0.244. The van der Waals surface area contributed by atoms with E-state index in [2.05, 4.69) is 27.8 Å². The SMILES string of the molecule is CC1(NCc2nnnn2-c2ccccc2)CCCC1. The molecule has 1 heterocycles. The number of tetrazole rings is 1. The van der Waals surface area contributed by atoms with Gasteiger partial charge in [0, 0.05) is 5.54 Å². The van der Waals surface area contributed by atoms with Crippen LogP contribution in [0.25, 0.3) is 5.69 Å². The van der Waals surface area contributed by atoms with E-state index in [1.807, 2.05) is 30.3 Å². The molecule has 0 spiro atoms. The van der Waals surface area contributed by atoms with E-state index in [1.165, 1.54) is 25.7 Å². The standard InChI is InChI=1S/C14H19N5/c1-14(9-5-6-10-14)15-11-13-16-17-18-19(13)12-7-3-2-4-8-12/h2-4,7-8,15H,5-6,9-11H2,1H3. The number of rotatable bonds is 4. The molecule has 0 atom stereocenters. The molecule has 5 heteroatoms. The fourth-order valence-electron chi connectivity index (χ4n) is 2.71. The zero-order chi connectivity index (χ0) is 13.1. The van der Waals surface area contributed by atoms with Crippen LogP contribution >= 0.6 is 0 Å². The van der Waals surface area contributed by atoms with Gasteiger partial charge in [-0.25, -0.2) is 0 Å². The minimum Gasteiger partial charge on any atom is -0.304 e. The molecule has 0 saturated heterocycles. The van der Waals surface area contributed by atoms with Crippen molar-refractivity contribution in [2.45, 2.75) is 44.7 Å². The van der Waals surface area contributed by atoms with E-state index >= 15 is 0 Å². The predicted molar refractivity (Wildman–Crippen MR) is 72.9 cm³/mol. The molecule has 1 aromatic heterocycles. The normalized spacial score (nSPS) is 17.7. The molecule has 1 N–H and O–H groups in total. The zero-order valence-corrected chi connectivity index (χ0v) is 11.2. The first-order valence-electron chi connectivity index (χ1n) is 6.85. The summed E-state index contributed by atoms with van der Waals surface area (Å²) in [7, 11) is 0. The van der Waals surface area contributed by atoms with E-state index in [1.54, 1.807) is 4.68 Å². The Morgan fingerprint density at radius 1 is 1.21 bits per heavy atom. The molecule has 0 radical (unpaired) electrons. The van der Waals surface area contributed by atoms with Crippen LogP contribution in [0, 0.1) is 0 Å². The molecule has 0 bridgehead atoms. The summed E-state index contributed by atoms with van der Waals surface area (Å²) in [5.41, 5.74) is 1.24. The number of para-hydroxylation sites is 1. The highest BCUT2D eigenvalue weighted by molar-refractivity contribution is 5.30. The van der Waals surface area contributed by atoms with Crippen molar-refractivity contribution < 1.29 is 0 Å². The quantitative estimate of drug-likeness (QED) is 0.911. The lowest BCUT2D eigenvalue weighted by atomic mass is 10.0. The Morgan fingerprint density at radius 2 is 1.95 bits per heavy atom. The maximum Gasteiger partial charge on any atom is 0.170 e. The average molecular weight is 257 g/mol. The van der Waals surface area contributed by atoms with E-state index in [9.17, 15) is 0 Å². The van der Waals surface area contributed by atoms with Gasteiger partial charge in [0.15, 0.2) is 5.82 Å². The van der Waals surface area contributed by atoms with Gasteiger partial charge >= 0.3 is 0 Å². The van der Waals surface area contributed by atoms with Crippen molar-refractivity contribution in [2.75, 3.05) is 0 Å². The van der Waals surface area contributed by atoms with Crippen molar-refractivity contribution in [2.24, 2.45) is 0 Å². The fourth-order valence-corrected chi connectivity index (χ4v) is 2.71. The van der Waals surface area contributed by atoms with Crippen LogP contribution in [-0.2, 0) is 6.54 Å². The van der Waals surface area contributed by atoms with Crippen molar-refractivity contribution in [3.8, 4) is 5.69 Å². The molecular weight excluding hydrogens is 238 g/mol. The Balaban J connectivity index is 1.74. The van der Waals surface area contributed by atoms with Crippen molar-refractivity contribution in [1.82, 2.24) is 25.5 Å². The Hall–Kier alpha value is -1.75. The Labute approximate surface area is 113 Å². The van der Waals surface area contributed by atoms with Crippen LogP contribution in [0.15, 0.2) is 30.3 Å². The van der Waals surface area contributed by atoms with Crippen molar-refractivity contribution in [3.63, 3.8) is 0 Å². The smallest absolute Gasteiger partial charge is 0.170 e. The van der Waals surface area contributed by atoms with Gasteiger partial charge in [0.25, 0.3) is 0 Å². The monoisotopic (exact) mass is 257 g/mol. The lowest BCUT2D eigenvalue weighted by Gasteiger charge is -2.24. The summed E-state index contributed by atoms with van der Waals surface area (Å²) in [5, 5.41) is 15.6. The van der Waals surface area contributed by atoms with E-state index in [-0.39, 0.29) is 5.54 Å². The molecule has 0 unspecified atom stereocenters. The molecule has 0 aliphatic heterocycles. The molecule has 1 aliphatic rings.